The van der Waals surface area contributed by atoms with E-state index in [-0.39, 0.29) is 43.7 Å². The van der Waals surface area contributed by atoms with E-state index < -0.39 is 12.3 Å². The average molecular weight is 575 g/mol. The number of aliphatic carboxylic acids is 1. The summed E-state index contributed by atoms with van der Waals surface area (Å²) >= 11 is 0. The van der Waals surface area contributed by atoms with Crippen molar-refractivity contribution < 1.29 is 34.4 Å². The lowest BCUT2D eigenvalue weighted by atomic mass is 9.98. The van der Waals surface area contributed by atoms with Crippen molar-refractivity contribution in [2.45, 2.75) is 63.4 Å². The molecule has 0 aromatic heterocycles. The van der Waals surface area contributed by atoms with Gasteiger partial charge in [0.05, 0.1) is 31.3 Å². The lowest BCUT2D eigenvalue weighted by Gasteiger charge is -2.38. The first-order chi connectivity index (χ1) is 20.4. The highest BCUT2D eigenvalue weighted by Crippen LogP contribution is 2.39. The van der Waals surface area contributed by atoms with Crippen LogP contribution in [0.5, 0.6) is 0 Å². The molecule has 1 amide bonds. The molecule has 2 fully saturated rings. The number of hydrogen-bond acceptors (Lipinski definition) is 7. The Morgan fingerprint density at radius 3 is 2.38 bits per heavy atom. The first kappa shape index (κ1) is 29.9. The highest BCUT2D eigenvalue weighted by Gasteiger charge is 2.34. The Morgan fingerprint density at radius 2 is 1.67 bits per heavy atom. The van der Waals surface area contributed by atoms with Gasteiger partial charge in [-0.1, -0.05) is 60.7 Å². The third kappa shape index (κ3) is 8.02. The fourth-order valence-corrected chi connectivity index (χ4v) is 5.53. The Morgan fingerprint density at radius 1 is 0.905 bits per heavy atom. The molecule has 5 rings (SSSR count). The number of carboxylic acid groups (broad SMARTS) is 1. The molecule has 4 N–H and O–H groups in total. The van der Waals surface area contributed by atoms with E-state index in [0.29, 0.717) is 26.1 Å². The van der Waals surface area contributed by atoms with Crippen molar-refractivity contribution in [1.82, 2.24) is 10.2 Å². The van der Waals surface area contributed by atoms with E-state index in [1.165, 1.54) is 0 Å². The van der Waals surface area contributed by atoms with Gasteiger partial charge in [0.15, 0.2) is 6.29 Å². The average Bonchev–Trinajstić information content (AvgIpc) is 3.43. The normalized spacial score (nSPS) is 22.6. The molecule has 0 spiro atoms. The first-order valence-electron chi connectivity index (χ1n) is 14.4. The fraction of sp³-hybridized carbons (Fsp3) is 0.394. The highest BCUT2D eigenvalue weighted by atomic mass is 16.7. The van der Waals surface area contributed by atoms with Crippen molar-refractivity contribution in [3.63, 3.8) is 0 Å². The van der Waals surface area contributed by atoms with Crippen LogP contribution in [0.15, 0.2) is 72.8 Å². The van der Waals surface area contributed by atoms with Crippen LogP contribution in [-0.2, 0) is 32.2 Å². The van der Waals surface area contributed by atoms with Gasteiger partial charge < -0.3 is 30.1 Å². The molecular formula is C33H38N2O7. The predicted molar refractivity (Wildman–Crippen MR) is 156 cm³/mol. The van der Waals surface area contributed by atoms with Crippen LogP contribution in [0.1, 0.15) is 60.3 Å². The first-order valence-corrected chi connectivity index (χ1v) is 14.4. The fourth-order valence-electron chi connectivity index (χ4n) is 5.53. The van der Waals surface area contributed by atoms with Crippen molar-refractivity contribution in [1.29, 1.82) is 0 Å². The van der Waals surface area contributed by atoms with Crippen LogP contribution in [0.3, 0.4) is 0 Å². The minimum Gasteiger partial charge on any atom is -0.481 e. The van der Waals surface area contributed by atoms with Gasteiger partial charge in [0.25, 0.3) is 0 Å². The quantitative estimate of drug-likeness (QED) is 0.271. The van der Waals surface area contributed by atoms with Gasteiger partial charge in [-0.15, -0.1) is 0 Å². The minimum absolute atomic E-state index is 0.0114. The van der Waals surface area contributed by atoms with Gasteiger partial charge in [0.2, 0.25) is 5.91 Å². The van der Waals surface area contributed by atoms with Crippen LogP contribution in [0.25, 0.3) is 11.1 Å². The van der Waals surface area contributed by atoms with E-state index in [2.05, 4.69) is 16.3 Å². The number of likely N-dealkylation sites (tertiary alicyclic amines) is 1. The van der Waals surface area contributed by atoms with Crippen molar-refractivity contribution >= 4 is 11.9 Å². The van der Waals surface area contributed by atoms with Crippen LogP contribution < -0.4 is 5.32 Å². The van der Waals surface area contributed by atoms with E-state index in [4.69, 9.17) is 14.6 Å². The van der Waals surface area contributed by atoms with Crippen molar-refractivity contribution in [2.75, 3.05) is 19.6 Å². The van der Waals surface area contributed by atoms with E-state index in [1.54, 1.807) is 0 Å². The second kappa shape index (κ2) is 14.0. The Hall–Kier alpha value is -3.60. The zero-order valence-corrected chi connectivity index (χ0v) is 23.5. The largest absolute Gasteiger partial charge is 0.481 e. The van der Waals surface area contributed by atoms with E-state index in [9.17, 15) is 19.8 Å². The molecule has 0 unspecified atom stereocenters. The molecule has 9 nitrogen and oxygen atoms in total. The molecule has 0 saturated carbocycles. The topological polar surface area (TPSA) is 129 Å². The van der Waals surface area contributed by atoms with E-state index in [0.717, 1.165) is 46.3 Å². The lowest BCUT2D eigenvalue weighted by molar-refractivity contribution is -0.252. The second-order valence-corrected chi connectivity index (χ2v) is 11.0. The zero-order valence-electron chi connectivity index (χ0n) is 23.5. The van der Waals surface area contributed by atoms with Crippen molar-refractivity contribution in [3.05, 3.63) is 95.1 Å². The monoisotopic (exact) mass is 574 g/mol. The lowest BCUT2D eigenvalue weighted by Crippen LogP contribution is -2.38. The third-order valence-electron chi connectivity index (χ3n) is 7.80. The number of nitrogens with one attached hydrogen (secondary N) is 1. The van der Waals surface area contributed by atoms with Gasteiger partial charge in [0.1, 0.15) is 0 Å². The molecule has 0 bridgehead atoms. The molecule has 3 aromatic carbocycles. The minimum atomic E-state index is -0.995. The summed E-state index contributed by atoms with van der Waals surface area (Å²) in [5.41, 5.74) is 5.63. The molecule has 222 valence electrons. The summed E-state index contributed by atoms with van der Waals surface area (Å²) in [7, 11) is 0. The number of hydrogen-bond donors (Lipinski definition) is 4. The number of carbonyl (C=O) groups excluding carboxylic acids is 1. The Balaban J connectivity index is 1.32. The van der Waals surface area contributed by atoms with Gasteiger partial charge in [-0.3, -0.25) is 14.5 Å². The maximum absolute atomic E-state index is 12.0. The Bertz CT molecular complexity index is 1360. The number of carboxylic acids is 1. The summed E-state index contributed by atoms with van der Waals surface area (Å²) in [5.74, 6) is -1.29. The van der Waals surface area contributed by atoms with Gasteiger partial charge in [-0.05, 0) is 46.4 Å². The second-order valence-electron chi connectivity index (χ2n) is 11.0. The van der Waals surface area contributed by atoms with Crippen LogP contribution in [0.2, 0.25) is 0 Å². The molecule has 2 saturated heterocycles. The number of ether oxygens (including phenoxy) is 2. The summed E-state index contributed by atoms with van der Waals surface area (Å²) in [6.07, 6.45) is 0.0413. The van der Waals surface area contributed by atoms with Gasteiger partial charge in [-0.25, -0.2) is 0 Å². The number of rotatable bonds is 11. The van der Waals surface area contributed by atoms with E-state index >= 15 is 0 Å². The van der Waals surface area contributed by atoms with Gasteiger partial charge >= 0.3 is 5.97 Å². The number of β-amino-alcohol motifs (C(OH)–C–C–N with tert-alkyl or cyclic N) is 1. The maximum Gasteiger partial charge on any atom is 0.303 e. The summed E-state index contributed by atoms with van der Waals surface area (Å²) in [6, 6.07) is 23.7. The number of benzene rings is 3. The number of nitrogens with zero attached hydrogens (tertiary/aromatic N) is 1. The van der Waals surface area contributed by atoms with Crippen LogP contribution in [0, 0.1) is 0 Å². The number of amides is 1. The SMILES string of the molecule is O=C(O)CCC(=O)NCc1cccc(-c2cccc([C@@H]3O[C@H](CN4CC[C@H](O)C4)C[C@H](c4ccc(CO)cc4)O3)c2)c1. The Kier molecular flexibility index (Phi) is 9.99. The van der Waals surface area contributed by atoms with Crippen LogP contribution in [-0.4, -0.2) is 63.9 Å². The van der Waals surface area contributed by atoms with Gasteiger partial charge in [-0.2, -0.15) is 0 Å². The summed E-state index contributed by atoms with van der Waals surface area (Å²) in [5, 5.41) is 31.1. The number of aliphatic hydroxyl groups is 2. The molecular weight excluding hydrogens is 536 g/mol. The molecule has 42 heavy (non-hydrogen) atoms. The molecule has 2 aliphatic rings. The summed E-state index contributed by atoms with van der Waals surface area (Å²) in [6.45, 7) is 2.50. The van der Waals surface area contributed by atoms with Gasteiger partial charge in [0, 0.05) is 44.6 Å². The smallest absolute Gasteiger partial charge is 0.303 e. The molecule has 3 aromatic rings. The molecule has 0 radical (unpaired) electrons. The molecule has 9 heteroatoms. The standard InChI is InChI=1S/C33H38N2O7/c36-21-22-7-9-24(10-8-22)30-17-29(20-35-14-13-28(37)19-35)41-33(42-30)27-6-2-5-26(16-27)25-4-1-3-23(15-25)18-34-31(38)11-12-32(39)40/h1-10,15-16,28-30,33,36-37H,11-14,17-21H2,(H,34,38)(H,39,40)/t28-,29-,30+,33+/m0/s1. The third-order valence-corrected chi connectivity index (χ3v) is 7.80. The summed E-state index contributed by atoms with van der Waals surface area (Å²) in [4.78, 5) is 24.9. The van der Waals surface area contributed by atoms with Crippen molar-refractivity contribution in [2.24, 2.45) is 0 Å². The van der Waals surface area contributed by atoms with Crippen LogP contribution >= 0.6 is 0 Å². The molecule has 0 aliphatic carbocycles. The maximum atomic E-state index is 12.0. The molecule has 2 heterocycles. The number of aliphatic hydroxyl groups excluding tert-OH is 2. The van der Waals surface area contributed by atoms with Crippen molar-refractivity contribution in [3.8, 4) is 11.1 Å². The zero-order chi connectivity index (χ0) is 29.5. The highest BCUT2D eigenvalue weighted by molar-refractivity contribution is 5.80. The summed E-state index contributed by atoms with van der Waals surface area (Å²) < 4.78 is 13.0. The molecule has 2 aliphatic heterocycles. The number of carbonyl (C=O) groups is 2. The predicted octanol–water partition coefficient (Wildman–Crippen LogP) is 3.94. The molecule has 4 atom stereocenters. The van der Waals surface area contributed by atoms with Crippen LogP contribution in [0.4, 0.5) is 0 Å². The van der Waals surface area contributed by atoms with E-state index in [1.807, 2.05) is 66.7 Å². The Labute approximate surface area is 245 Å².